The van der Waals surface area contributed by atoms with E-state index in [2.05, 4.69) is 56.8 Å². The van der Waals surface area contributed by atoms with Gasteiger partial charge in [-0.3, -0.25) is 9.55 Å². The molecular formula is C21H18ClN5S. The Morgan fingerprint density at radius 1 is 0.964 bits per heavy atom. The van der Waals surface area contributed by atoms with Gasteiger partial charge in [-0.25, -0.2) is 4.98 Å². The van der Waals surface area contributed by atoms with E-state index in [1.54, 1.807) is 30.4 Å². The summed E-state index contributed by atoms with van der Waals surface area (Å²) in [5.41, 5.74) is 5.43. The molecule has 3 heterocycles. The number of aryl methyl sites for hydroxylation is 2. The van der Waals surface area contributed by atoms with Crippen LogP contribution in [0.25, 0.3) is 17.1 Å². The van der Waals surface area contributed by atoms with E-state index in [9.17, 15) is 0 Å². The van der Waals surface area contributed by atoms with Crippen molar-refractivity contribution in [2.45, 2.75) is 24.8 Å². The summed E-state index contributed by atoms with van der Waals surface area (Å²) in [6.45, 7) is 4.21. The van der Waals surface area contributed by atoms with Gasteiger partial charge in [0.25, 0.3) is 0 Å². The number of benzene rings is 1. The predicted octanol–water partition coefficient (Wildman–Crippen LogP) is 5.29. The third-order valence-electron chi connectivity index (χ3n) is 4.51. The lowest BCUT2D eigenvalue weighted by Crippen LogP contribution is -2.01. The second-order valence-corrected chi connectivity index (χ2v) is 7.69. The van der Waals surface area contributed by atoms with Gasteiger partial charge in [-0.15, -0.1) is 10.2 Å². The van der Waals surface area contributed by atoms with Crippen molar-refractivity contribution in [3.63, 3.8) is 0 Å². The van der Waals surface area contributed by atoms with Crippen LogP contribution in [-0.4, -0.2) is 24.7 Å². The maximum atomic E-state index is 6.21. The zero-order valence-corrected chi connectivity index (χ0v) is 17.1. The zero-order chi connectivity index (χ0) is 19.5. The van der Waals surface area contributed by atoms with E-state index in [1.807, 2.05) is 24.3 Å². The Labute approximate surface area is 172 Å². The van der Waals surface area contributed by atoms with Crippen molar-refractivity contribution in [1.82, 2.24) is 24.7 Å². The maximum Gasteiger partial charge on any atom is 0.196 e. The SMILES string of the molecule is Cc1ccc(-n2c(SCc3cccnc3Cl)nnc2-c2ccncc2)cc1C. The molecule has 140 valence electrons. The molecule has 0 fully saturated rings. The Morgan fingerprint density at radius 3 is 2.54 bits per heavy atom. The summed E-state index contributed by atoms with van der Waals surface area (Å²) in [5, 5.41) is 10.2. The van der Waals surface area contributed by atoms with E-state index >= 15 is 0 Å². The molecule has 5 nitrogen and oxygen atoms in total. The number of thioether (sulfide) groups is 1. The fourth-order valence-corrected chi connectivity index (χ4v) is 4.02. The fourth-order valence-electron chi connectivity index (χ4n) is 2.82. The third kappa shape index (κ3) is 3.79. The van der Waals surface area contributed by atoms with Gasteiger partial charge in [0, 0.05) is 29.9 Å². The zero-order valence-electron chi connectivity index (χ0n) is 15.5. The van der Waals surface area contributed by atoms with Gasteiger partial charge in [-0.1, -0.05) is 35.5 Å². The van der Waals surface area contributed by atoms with Crippen LogP contribution in [0.2, 0.25) is 5.15 Å². The fraction of sp³-hybridized carbons (Fsp3) is 0.143. The molecule has 0 unspecified atom stereocenters. The lowest BCUT2D eigenvalue weighted by Gasteiger charge is -2.12. The van der Waals surface area contributed by atoms with Crippen molar-refractivity contribution in [3.05, 3.63) is 82.9 Å². The molecule has 1 aromatic carbocycles. The first-order valence-corrected chi connectivity index (χ1v) is 10.2. The van der Waals surface area contributed by atoms with Crippen molar-refractivity contribution in [3.8, 4) is 17.1 Å². The minimum absolute atomic E-state index is 0.515. The van der Waals surface area contributed by atoms with E-state index in [1.165, 1.54) is 11.1 Å². The summed E-state index contributed by atoms with van der Waals surface area (Å²) in [7, 11) is 0. The van der Waals surface area contributed by atoms with Crippen LogP contribution in [0.3, 0.4) is 0 Å². The van der Waals surface area contributed by atoms with E-state index in [0.717, 1.165) is 27.8 Å². The number of rotatable bonds is 5. The Morgan fingerprint density at radius 2 is 1.79 bits per heavy atom. The lowest BCUT2D eigenvalue weighted by atomic mass is 10.1. The molecule has 4 rings (SSSR count). The molecule has 3 aromatic heterocycles. The summed E-state index contributed by atoms with van der Waals surface area (Å²) in [4.78, 5) is 8.26. The molecule has 0 saturated carbocycles. The van der Waals surface area contributed by atoms with Gasteiger partial charge in [-0.2, -0.15) is 0 Å². The largest absolute Gasteiger partial charge is 0.270 e. The minimum atomic E-state index is 0.515. The highest BCUT2D eigenvalue weighted by molar-refractivity contribution is 7.98. The molecule has 0 saturated heterocycles. The normalized spacial score (nSPS) is 11.0. The van der Waals surface area contributed by atoms with Crippen LogP contribution in [0.1, 0.15) is 16.7 Å². The Kier molecular flexibility index (Phi) is 5.41. The molecular weight excluding hydrogens is 390 g/mol. The van der Waals surface area contributed by atoms with Gasteiger partial charge in [0.1, 0.15) is 5.15 Å². The Balaban J connectivity index is 1.77. The van der Waals surface area contributed by atoms with E-state index in [0.29, 0.717) is 10.9 Å². The standard InChI is InChI=1S/C21H18ClN5S/c1-14-5-6-18(12-15(14)2)27-20(16-7-10-23-11-8-16)25-26-21(27)28-13-17-4-3-9-24-19(17)22/h3-12H,13H2,1-2H3. The summed E-state index contributed by atoms with van der Waals surface area (Å²) < 4.78 is 2.08. The quantitative estimate of drug-likeness (QED) is 0.332. The maximum absolute atomic E-state index is 6.21. The monoisotopic (exact) mass is 407 g/mol. The highest BCUT2D eigenvalue weighted by Gasteiger charge is 2.17. The first kappa shape index (κ1) is 18.7. The van der Waals surface area contributed by atoms with Crippen LogP contribution in [0.15, 0.2) is 66.2 Å². The summed E-state index contributed by atoms with van der Waals surface area (Å²) >= 11 is 7.80. The van der Waals surface area contributed by atoms with Gasteiger partial charge >= 0.3 is 0 Å². The van der Waals surface area contributed by atoms with Crippen molar-refractivity contribution >= 4 is 23.4 Å². The number of hydrogen-bond acceptors (Lipinski definition) is 5. The van der Waals surface area contributed by atoms with E-state index in [-0.39, 0.29) is 0 Å². The molecule has 0 amide bonds. The van der Waals surface area contributed by atoms with Crippen LogP contribution in [0, 0.1) is 13.8 Å². The Hall–Kier alpha value is -2.70. The van der Waals surface area contributed by atoms with Crippen molar-refractivity contribution in [1.29, 1.82) is 0 Å². The number of pyridine rings is 2. The van der Waals surface area contributed by atoms with Gasteiger partial charge in [0.15, 0.2) is 11.0 Å². The number of aromatic nitrogens is 5. The van der Waals surface area contributed by atoms with Crippen LogP contribution in [0.4, 0.5) is 0 Å². The molecule has 0 aliphatic heterocycles. The van der Waals surface area contributed by atoms with E-state index < -0.39 is 0 Å². The number of halogens is 1. The smallest absolute Gasteiger partial charge is 0.196 e. The lowest BCUT2D eigenvalue weighted by molar-refractivity contribution is 0.884. The first-order valence-electron chi connectivity index (χ1n) is 8.79. The molecule has 0 radical (unpaired) electrons. The van der Waals surface area contributed by atoms with Crippen LogP contribution < -0.4 is 0 Å². The average molecular weight is 408 g/mol. The molecule has 0 aliphatic carbocycles. The average Bonchev–Trinajstić information content (AvgIpc) is 3.14. The molecule has 28 heavy (non-hydrogen) atoms. The molecule has 0 aliphatic rings. The summed E-state index contributed by atoms with van der Waals surface area (Å²) in [6, 6.07) is 14.1. The van der Waals surface area contributed by atoms with Crippen LogP contribution in [0.5, 0.6) is 0 Å². The van der Waals surface area contributed by atoms with Gasteiger partial charge in [0.05, 0.1) is 5.69 Å². The molecule has 0 N–H and O–H groups in total. The molecule has 7 heteroatoms. The highest BCUT2D eigenvalue weighted by Crippen LogP contribution is 2.31. The van der Waals surface area contributed by atoms with Gasteiger partial charge in [0.2, 0.25) is 0 Å². The second-order valence-electron chi connectivity index (χ2n) is 6.39. The summed E-state index contributed by atoms with van der Waals surface area (Å²) in [5.74, 6) is 1.44. The minimum Gasteiger partial charge on any atom is -0.270 e. The van der Waals surface area contributed by atoms with E-state index in [4.69, 9.17) is 11.6 Å². The molecule has 4 aromatic rings. The molecule has 0 atom stereocenters. The number of hydrogen-bond donors (Lipinski definition) is 0. The predicted molar refractivity (Wildman–Crippen MR) is 113 cm³/mol. The van der Waals surface area contributed by atoms with Crippen LogP contribution >= 0.6 is 23.4 Å². The Bertz CT molecular complexity index is 1110. The molecule has 0 bridgehead atoms. The van der Waals surface area contributed by atoms with Crippen LogP contribution in [-0.2, 0) is 5.75 Å². The second kappa shape index (κ2) is 8.12. The van der Waals surface area contributed by atoms with Gasteiger partial charge in [-0.05, 0) is 60.9 Å². The van der Waals surface area contributed by atoms with Crippen molar-refractivity contribution < 1.29 is 0 Å². The topological polar surface area (TPSA) is 56.5 Å². The summed E-state index contributed by atoms with van der Waals surface area (Å²) in [6.07, 6.45) is 5.21. The van der Waals surface area contributed by atoms with Crippen molar-refractivity contribution in [2.24, 2.45) is 0 Å². The van der Waals surface area contributed by atoms with Crippen molar-refractivity contribution in [2.75, 3.05) is 0 Å². The third-order valence-corrected chi connectivity index (χ3v) is 5.83. The molecule has 0 spiro atoms. The number of nitrogens with zero attached hydrogens (tertiary/aromatic N) is 5. The highest BCUT2D eigenvalue weighted by atomic mass is 35.5. The van der Waals surface area contributed by atoms with Gasteiger partial charge < -0.3 is 0 Å². The first-order chi connectivity index (χ1) is 13.6.